The number of H-pyrrole nitrogens is 1. The topological polar surface area (TPSA) is 73.9 Å². The highest BCUT2D eigenvalue weighted by Gasteiger charge is 2.24. The Hall–Kier alpha value is -2.02. The molecule has 2 N–H and O–H groups in total. The average molecular weight is 425 g/mol. The molecular weight excluding hydrogens is 409 g/mol. The maximum Gasteiger partial charge on any atom is 0.251 e. The quantitative estimate of drug-likeness (QED) is 0.614. The number of hydrogen-bond donors (Lipinski definition) is 2. The monoisotopic (exact) mass is 423 g/mol. The molecule has 0 bridgehead atoms. The molecule has 0 radical (unpaired) electrons. The van der Waals surface area contributed by atoms with Crippen molar-refractivity contribution in [1.29, 1.82) is 0 Å². The van der Waals surface area contributed by atoms with E-state index in [0.29, 0.717) is 33.0 Å². The first-order valence-electron chi connectivity index (χ1n) is 8.52. The van der Waals surface area contributed by atoms with Crippen LogP contribution in [-0.2, 0) is 0 Å². The summed E-state index contributed by atoms with van der Waals surface area (Å²) in [6.45, 7) is 1.50. The number of aromatic nitrogens is 3. The molecule has 1 aliphatic rings. The van der Waals surface area contributed by atoms with Crippen LogP contribution >= 0.6 is 34.8 Å². The summed E-state index contributed by atoms with van der Waals surface area (Å²) in [5.74, 6) is 0.536. The largest absolute Gasteiger partial charge is 0.348 e. The Kier molecular flexibility index (Phi) is 5.12. The molecule has 0 saturated carbocycles. The fourth-order valence-corrected chi connectivity index (χ4v) is 3.92. The van der Waals surface area contributed by atoms with E-state index in [0.717, 1.165) is 30.9 Å². The number of carbonyl (C=O) groups is 1. The van der Waals surface area contributed by atoms with Gasteiger partial charge in [0, 0.05) is 34.7 Å². The summed E-state index contributed by atoms with van der Waals surface area (Å²) in [4.78, 5) is 26.6. The van der Waals surface area contributed by atoms with E-state index in [1.807, 2.05) is 6.07 Å². The minimum absolute atomic E-state index is 0.00577. The van der Waals surface area contributed by atoms with Crippen molar-refractivity contribution in [1.82, 2.24) is 20.3 Å². The summed E-state index contributed by atoms with van der Waals surface area (Å²) in [7, 11) is 0. The van der Waals surface area contributed by atoms with Crippen molar-refractivity contribution in [2.24, 2.45) is 0 Å². The summed E-state index contributed by atoms with van der Waals surface area (Å²) < 4.78 is 0. The van der Waals surface area contributed by atoms with Crippen LogP contribution in [0, 0.1) is 0 Å². The van der Waals surface area contributed by atoms with Crippen molar-refractivity contribution in [2.75, 3.05) is 18.0 Å². The standard InChI is InChI=1S/C18H16Cl3N5O/c19-11-6-10(7-12(20)8-11)17(27)22-13-2-1-5-26(9-13)18-23-14-3-4-15(21)24-16(14)25-18/h3-4,6-8,13H,1-2,5,9H2,(H,22,27)(H,23,24,25). The van der Waals surface area contributed by atoms with Crippen molar-refractivity contribution in [3.63, 3.8) is 0 Å². The van der Waals surface area contributed by atoms with Gasteiger partial charge in [0.1, 0.15) is 5.15 Å². The highest BCUT2D eigenvalue weighted by Crippen LogP contribution is 2.22. The molecule has 1 aromatic carbocycles. The maximum atomic E-state index is 12.5. The van der Waals surface area contributed by atoms with Gasteiger partial charge < -0.3 is 15.2 Å². The predicted octanol–water partition coefficient (Wildman–Crippen LogP) is 4.32. The van der Waals surface area contributed by atoms with Gasteiger partial charge in [-0.15, -0.1) is 0 Å². The fraction of sp³-hybridized carbons (Fsp3) is 0.278. The molecule has 0 spiro atoms. The zero-order chi connectivity index (χ0) is 19.0. The minimum Gasteiger partial charge on any atom is -0.348 e. The van der Waals surface area contributed by atoms with Gasteiger partial charge in [-0.25, -0.2) is 4.98 Å². The third-order valence-corrected chi connectivity index (χ3v) is 5.13. The number of nitrogens with one attached hydrogen (secondary N) is 2. The number of halogens is 3. The van der Waals surface area contributed by atoms with E-state index in [1.165, 1.54) is 0 Å². The van der Waals surface area contributed by atoms with Crippen LogP contribution in [-0.4, -0.2) is 40.0 Å². The van der Waals surface area contributed by atoms with Crippen LogP contribution in [0.1, 0.15) is 23.2 Å². The van der Waals surface area contributed by atoms with Crippen LogP contribution in [0.2, 0.25) is 15.2 Å². The van der Waals surface area contributed by atoms with Crippen LogP contribution in [0.4, 0.5) is 5.95 Å². The third-order valence-electron chi connectivity index (χ3n) is 4.48. The van der Waals surface area contributed by atoms with Gasteiger partial charge in [0.15, 0.2) is 5.65 Å². The lowest BCUT2D eigenvalue weighted by Gasteiger charge is -2.32. The minimum atomic E-state index is -0.190. The van der Waals surface area contributed by atoms with E-state index < -0.39 is 0 Å². The SMILES string of the molecule is O=C(NC1CCCN(c2nc3nc(Cl)ccc3[nH]2)C1)c1cc(Cl)cc(Cl)c1. The van der Waals surface area contributed by atoms with Gasteiger partial charge in [-0.2, -0.15) is 4.98 Å². The molecule has 1 saturated heterocycles. The number of hydrogen-bond acceptors (Lipinski definition) is 4. The third kappa shape index (κ3) is 4.13. The van der Waals surface area contributed by atoms with Crippen LogP contribution in [0.3, 0.4) is 0 Å². The smallest absolute Gasteiger partial charge is 0.251 e. The Morgan fingerprint density at radius 3 is 2.70 bits per heavy atom. The summed E-state index contributed by atoms with van der Waals surface area (Å²) >= 11 is 17.9. The van der Waals surface area contributed by atoms with Gasteiger partial charge in [-0.1, -0.05) is 34.8 Å². The lowest BCUT2D eigenvalue weighted by molar-refractivity contribution is 0.0933. The molecule has 1 unspecified atom stereocenters. The van der Waals surface area contributed by atoms with Crippen molar-refractivity contribution >= 4 is 57.8 Å². The van der Waals surface area contributed by atoms with E-state index in [1.54, 1.807) is 24.3 Å². The molecule has 3 aromatic rings. The number of piperidine rings is 1. The number of nitrogens with zero attached hydrogens (tertiary/aromatic N) is 3. The van der Waals surface area contributed by atoms with Crippen molar-refractivity contribution in [3.8, 4) is 0 Å². The van der Waals surface area contributed by atoms with Crippen LogP contribution in [0.15, 0.2) is 30.3 Å². The molecule has 0 aliphatic carbocycles. The van der Waals surface area contributed by atoms with Gasteiger partial charge in [-0.05, 0) is 43.2 Å². The second-order valence-electron chi connectivity index (χ2n) is 6.48. The average Bonchev–Trinajstić information content (AvgIpc) is 3.04. The van der Waals surface area contributed by atoms with E-state index in [9.17, 15) is 4.79 Å². The van der Waals surface area contributed by atoms with Crippen molar-refractivity contribution in [3.05, 3.63) is 51.1 Å². The molecule has 1 atom stereocenters. The summed E-state index contributed by atoms with van der Waals surface area (Å²) in [5.41, 5.74) is 1.86. The molecular formula is C18H16Cl3N5O. The van der Waals surface area contributed by atoms with Crippen molar-refractivity contribution < 1.29 is 4.79 Å². The Bertz CT molecular complexity index is 986. The lowest BCUT2D eigenvalue weighted by Crippen LogP contribution is -2.48. The summed E-state index contributed by atoms with van der Waals surface area (Å²) in [6, 6.07) is 8.39. The number of amides is 1. The predicted molar refractivity (Wildman–Crippen MR) is 108 cm³/mol. The molecule has 1 aliphatic heterocycles. The number of pyridine rings is 1. The molecule has 1 amide bonds. The number of fused-ring (bicyclic) bond motifs is 1. The zero-order valence-corrected chi connectivity index (χ0v) is 16.4. The van der Waals surface area contributed by atoms with E-state index >= 15 is 0 Å². The number of rotatable bonds is 3. The number of benzene rings is 1. The van der Waals surface area contributed by atoms with Gasteiger partial charge in [-0.3, -0.25) is 4.79 Å². The molecule has 2 aromatic heterocycles. The van der Waals surface area contributed by atoms with Crippen LogP contribution in [0.25, 0.3) is 11.2 Å². The number of aromatic amines is 1. The first-order chi connectivity index (χ1) is 13.0. The summed E-state index contributed by atoms with van der Waals surface area (Å²) in [5, 5.41) is 4.34. The number of imidazole rings is 1. The highest BCUT2D eigenvalue weighted by molar-refractivity contribution is 6.35. The molecule has 3 heterocycles. The second kappa shape index (κ2) is 7.54. The first kappa shape index (κ1) is 18.3. The summed E-state index contributed by atoms with van der Waals surface area (Å²) in [6.07, 6.45) is 1.83. The molecule has 9 heteroatoms. The van der Waals surface area contributed by atoms with Gasteiger partial charge >= 0.3 is 0 Å². The van der Waals surface area contributed by atoms with Gasteiger partial charge in [0.05, 0.1) is 5.52 Å². The van der Waals surface area contributed by atoms with Crippen LogP contribution in [0.5, 0.6) is 0 Å². The molecule has 6 nitrogen and oxygen atoms in total. The van der Waals surface area contributed by atoms with Gasteiger partial charge in [0.2, 0.25) is 5.95 Å². The Morgan fingerprint density at radius 2 is 1.93 bits per heavy atom. The number of carbonyl (C=O) groups excluding carboxylic acids is 1. The second-order valence-corrected chi connectivity index (χ2v) is 7.74. The lowest BCUT2D eigenvalue weighted by atomic mass is 10.1. The molecule has 27 heavy (non-hydrogen) atoms. The molecule has 4 rings (SSSR count). The van der Waals surface area contributed by atoms with E-state index in [4.69, 9.17) is 34.8 Å². The number of anilines is 1. The van der Waals surface area contributed by atoms with E-state index in [2.05, 4.69) is 25.2 Å². The van der Waals surface area contributed by atoms with Crippen molar-refractivity contribution in [2.45, 2.75) is 18.9 Å². The van der Waals surface area contributed by atoms with Gasteiger partial charge in [0.25, 0.3) is 5.91 Å². The molecule has 1 fully saturated rings. The zero-order valence-electron chi connectivity index (χ0n) is 14.2. The van der Waals surface area contributed by atoms with Crippen LogP contribution < -0.4 is 10.2 Å². The maximum absolute atomic E-state index is 12.5. The molecule has 140 valence electrons. The van der Waals surface area contributed by atoms with E-state index in [-0.39, 0.29) is 11.9 Å². The highest BCUT2D eigenvalue weighted by atomic mass is 35.5. The Labute approximate surface area is 170 Å². The fourth-order valence-electron chi connectivity index (χ4n) is 3.25. The Balaban J connectivity index is 1.48. The normalized spacial score (nSPS) is 17.3. The Morgan fingerprint density at radius 1 is 1.15 bits per heavy atom. The first-order valence-corrected chi connectivity index (χ1v) is 9.65.